The molecule has 0 radical (unpaired) electrons. The van der Waals surface area contributed by atoms with Crippen molar-refractivity contribution in [2.45, 2.75) is 31.7 Å². The molecule has 2 saturated heterocycles. The fourth-order valence-electron chi connectivity index (χ4n) is 3.44. The first-order valence-corrected chi connectivity index (χ1v) is 7.96. The first-order valence-electron chi connectivity index (χ1n) is 7.58. The van der Waals surface area contributed by atoms with Crippen molar-refractivity contribution in [1.29, 1.82) is 0 Å². The van der Waals surface area contributed by atoms with E-state index in [-0.39, 0.29) is 5.69 Å². The molecule has 1 unspecified atom stereocenters. The SMILES string of the molecule is O=[N+]([O-])c1ccc(N2CCCC(N3CCCC3)C2)c(Cl)c1. The Morgan fingerprint density at radius 2 is 1.95 bits per heavy atom. The summed E-state index contributed by atoms with van der Waals surface area (Å²) in [6.07, 6.45) is 4.99. The second-order valence-electron chi connectivity index (χ2n) is 5.88. The average molecular weight is 310 g/mol. The molecule has 114 valence electrons. The highest BCUT2D eigenvalue weighted by Crippen LogP contribution is 2.32. The number of piperidine rings is 1. The number of benzene rings is 1. The smallest absolute Gasteiger partial charge is 0.271 e. The number of likely N-dealkylation sites (tertiary alicyclic amines) is 1. The number of halogens is 1. The molecule has 5 nitrogen and oxygen atoms in total. The van der Waals surface area contributed by atoms with E-state index in [1.165, 1.54) is 38.4 Å². The molecule has 1 atom stereocenters. The van der Waals surface area contributed by atoms with Crippen LogP contribution in [0.15, 0.2) is 18.2 Å². The fraction of sp³-hybridized carbons (Fsp3) is 0.600. The Bertz CT molecular complexity index is 532. The van der Waals surface area contributed by atoms with Gasteiger partial charge in [0.15, 0.2) is 0 Å². The number of non-ortho nitro benzene ring substituents is 1. The van der Waals surface area contributed by atoms with Crippen LogP contribution in [0.3, 0.4) is 0 Å². The zero-order chi connectivity index (χ0) is 14.8. The molecule has 1 aromatic carbocycles. The standard InChI is InChI=1S/C15H20ClN3O2/c16-14-10-12(19(20)21)5-6-15(14)18-9-3-4-13(11-18)17-7-1-2-8-17/h5-6,10,13H,1-4,7-9,11H2. The molecule has 0 saturated carbocycles. The Balaban J connectivity index is 1.75. The summed E-state index contributed by atoms with van der Waals surface area (Å²) in [5.74, 6) is 0. The van der Waals surface area contributed by atoms with Gasteiger partial charge in [-0.2, -0.15) is 0 Å². The molecule has 0 N–H and O–H groups in total. The minimum Gasteiger partial charge on any atom is -0.369 e. The van der Waals surface area contributed by atoms with Crippen molar-refractivity contribution >= 4 is 23.0 Å². The lowest BCUT2D eigenvalue weighted by Gasteiger charge is -2.39. The van der Waals surface area contributed by atoms with E-state index < -0.39 is 4.92 Å². The van der Waals surface area contributed by atoms with Crippen LogP contribution in [0.4, 0.5) is 11.4 Å². The van der Waals surface area contributed by atoms with Crippen LogP contribution < -0.4 is 4.90 Å². The third-order valence-electron chi connectivity index (χ3n) is 4.54. The minimum atomic E-state index is -0.404. The molecule has 2 aliphatic heterocycles. The number of hydrogen-bond acceptors (Lipinski definition) is 4. The number of nitro benzene ring substituents is 1. The zero-order valence-electron chi connectivity index (χ0n) is 12.0. The van der Waals surface area contributed by atoms with Gasteiger partial charge in [-0.15, -0.1) is 0 Å². The number of hydrogen-bond donors (Lipinski definition) is 0. The summed E-state index contributed by atoms with van der Waals surface area (Å²) < 4.78 is 0. The van der Waals surface area contributed by atoms with Gasteiger partial charge in [-0.3, -0.25) is 15.0 Å². The van der Waals surface area contributed by atoms with Crippen LogP contribution >= 0.6 is 11.6 Å². The lowest BCUT2D eigenvalue weighted by Crippen LogP contribution is -2.47. The van der Waals surface area contributed by atoms with E-state index in [1.807, 2.05) is 0 Å². The van der Waals surface area contributed by atoms with Gasteiger partial charge in [-0.1, -0.05) is 11.6 Å². The Kier molecular flexibility index (Phi) is 4.31. The molecule has 2 fully saturated rings. The van der Waals surface area contributed by atoms with Gasteiger partial charge in [0.25, 0.3) is 5.69 Å². The quantitative estimate of drug-likeness (QED) is 0.635. The van der Waals surface area contributed by atoms with Gasteiger partial charge in [0.2, 0.25) is 0 Å². The summed E-state index contributed by atoms with van der Waals surface area (Å²) in [4.78, 5) is 15.2. The first-order chi connectivity index (χ1) is 10.1. The monoisotopic (exact) mass is 309 g/mol. The summed E-state index contributed by atoms with van der Waals surface area (Å²) in [6.45, 7) is 4.35. The molecule has 6 heteroatoms. The molecule has 2 heterocycles. The average Bonchev–Trinajstić information content (AvgIpc) is 3.01. The molecule has 0 aromatic heterocycles. The van der Waals surface area contributed by atoms with E-state index in [1.54, 1.807) is 12.1 Å². The van der Waals surface area contributed by atoms with Crippen molar-refractivity contribution < 1.29 is 4.92 Å². The summed E-state index contributed by atoms with van der Waals surface area (Å²) in [7, 11) is 0. The van der Waals surface area contributed by atoms with Gasteiger partial charge in [0.1, 0.15) is 0 Å². The van der Waals surface area contributed by atoms with Gasteiger partial charge in [-0.25, -0.2) is 0 Å². The van der Waals surface area contributed by atoms with E-state index in [4.69, 9.17) is 11.6 Å². The molecular weight excluding hydrogens is 290 g/mol. The molecule has 21 heavy (non-hydrogen) atoms. The third kappa shape index (κ3) is 3.14. The van der Waals surface area contributed by atoms with E-state index in [0.29, 0.717) is 11.1 Å². The minimum absolute atomic E-state index is 0.0526. The normalized spacial score (nSPS) is 23.5. The Morgan fingerprint density at radius 1 is 1.19 bits per heavy atom. The van der Waals surface area contributed by atoms with Crippen molar-refractivity contribution in [2.75, 3.05) is 31.1 Å². The molecule has 3 rings (SSSR count). The molecule has 0 aliphatic carbocycles. The summed E-state index contributed by atoms with van der Waals surface area (Å²) >= 11 is 6.25. The van der Waals surface area contributed by atoms with Gasteiger partial charge < -0.3 is 4.90 Å². The first kappa shape index (κ1) is 14.6. The molecule has 1 aromatic rings. The van der Waals surface area contributed by atoms with Crippen LogP contribution in [-0.4, -0.2) is 42.0 Å². The van der Waals surface area contributed by atoms with E-state index >= 15 is 0 Å². The van der Waals surface area contributed by atoms with Gasteiger partial charge in [0, 0.05) is 31.3 Å². The van der Waals surface area contributed by atoms with Crippen LogP contribution in [0.25, 0.3) is 0 Å². The number of nitrogens with zero attached hydrogens (tertiary/aromatic N) is 3. The fourth-order valence-corrected chi connectivity index (χ4v) is 3.74. The number of rotatable bonds is 3. The highest BCUT2D eigenvalue weighted by atomic mass is 35.5. The van der Waals surface area contributed by atoms with Crippen molar-refractivity contribution in [1.82, 2.24) is 4.90 Å². The number of nitro groups is 1. The van der Waals surface area contributed by atoms with Crippen LogP contribution in [0.2, 0.25) is 5.02 Å². The Hall–Kier alpha value is -1.33. The number of anilines is 1. The maximum absolute atomic E-state index is 10.8. The van der Waals surface area contributed by atoms with Crippen molar-refractivity contribution in [3.63, 3.8) is 0 Å². The lowest BCUT2D eigenvalue weighted by atomic mass is 10.0. The molecule has 0 bridgehead atoms. The van der Waals surface area contributed by atoms with Crippen molar-refractivity contribution in [3.8, 4) is 0 Å². The summed E-state index contributed by atoms with van der Waals surface area (Å²) in [5, 5.41) is 11.3. The second-order valence-corrected chi connectivity index (χ2v) is 6.29. The lowest BCUT2D eigenvalue weighted by molar-refractivity contribution is -0.384. The molecular formula is C15H20ClN3O2. The van der Waals surface area contributed by atoms with E-state index in [2.05, 4.69) is 9.80 Å². The van der Waals surface area contributed by atoms with Crippen LogP contribution in [0, 0.1) is 10.1 Å². The molecule has 2 aliphatic rings. The second kappa shape index (κ2) is 6.20. The predicted molar refractivity (Wildman–Crippen MR) is 84.1 cm³/mol. The summed E-state index contributed by atoms with van der Waals surface area (Å²) in [5.41, 5.74) is 0.975. The highest BCUT2D eigenvalue weighted by molar-refractivity contribution is 6.33. The van der Waals surface area contributed by atoms with Crippen LogP contribution in [0.5, 0.6) is 0 Å². The van der Waals surface area contributed by atoms with Crippen molar-refractivity contribution in [3.05, 3.63) is 33.3 Å². The molecule has 0 amide bonds. The highest BCUT2D eigenvalue weighted by Gasteiger charge is 2.28. The van der Waals surface area contributed by atoms with Gasteiger partial charge >= 0.3 is 0 Å². The zero-order valence-corrected chi connectivity index (χ0v) is 12.8. The largest absolute Gasteiger partial charge is 0.369 e. The predicted octanol–water partition coefficient (Wildman–Crippen LogP) is 3.31. The maximum atomic E-state index is 10.8. The Morgan fingerprint density at radius 3 is 2.62 bits per heavy atom. The topological polar surface area (TPSA) is 49.6 Å². The van der Waals surface area contributed by atoms with E-state index in [0.717, 1.165) is 25.2 Å². The van der Waals surface area contributed by atoms with Gasteiger partial charge in [0.05, 0.1) is 15.6 Å². The summed E-state index contributed by atoms with van der Waals surface area (Å²) in [6, 6.07) is 5.37. The maximum Gasteiger partial charge on any atom is 0.271 e. The molecule has 0 spiro atoms. The van der Waals surface area contributed by atoms with E-state index in [9.17, 15) is 10.1 Å². The third-order valence-corrected chi connectivity index (χ3v) is 4.84. The van der Waals surface area contributed by atoms with Crippen molar-refractivity contribution in [2.24, 2.45) is 0 Å². The van der Waals surface area contributed by atoms with Crippen LogP contribution in [-0.2, 0) is 0 Å². The Labute approximate surface area is 129 Å². The van der Waals surface area contributed by atoms with Crippen LogP contribution in [0.1, 0.15) is 25.7 Å². The van der Waals surface area contributed by atoms with Gasteiger partial charge in [-0.05, 0) is 44.8 Å².